The first-order valence-corrected chi connectivity index (χ1v) is 13.2. The predicted molar refractivity (Wildman–Crippen MR) is 129 cm³/mol. The van der Waals surface area contributed by atoms with E-state index in [-0.39, 0.29) is 19.4 Å². The lowest BCUT2D eigenvalue weighted by molar-refractivity contribution is 0.103. The van der Waals surface area contributed by atoms with E-state index in [0.29, 0.717) is 26.8 Å². The molecule has 7 nitrogen and oxygen atoms in total. The summed E-state index contributed by atoms with van der Waals surface area (Å²) in [5.41, 5.74) is 1.94. The van der Waals surface area contributed by atoms with E-state index in [1.54, 1.807) is 32.0 Å². The van der Waals surface area contributed by atoms with Crippen LogP contribution < -0.4 is 5.32 Å². The molecular weight excluding hydrogens is 513 g/mol. The van der Waals surface area contributed by atoms with Gasteiger partial charge in [-0.15, -0.1) is 11.3 Å². The lowest BCUT2D eigenvalue weighted by Crippen LogP contribution is -2.12. The van der Waals surface area contributed by atoms with Gasteiger partial charge in [-0.2, -0.15) is 5.26 Å². The standard InChI is InChI=1S/C22H21BrN3O4PS/c1-3-29-31(28,30-4-2)14-19-26-20(15-8-6-5-7-9-15)21(32-19)22(27)25-18-11-10-17(23)12-16(18)13-24/h5-12H,3-4,14H2,1-2H3,(H,25,27). The van der Waals surface area contributed by atoms with Crippen molar-refractivity contribution in [1.82, 2.24) is 4.98 Å². The van der Waals surface area contributed by atoms with Crippen LogP contribution in [0.25, 0.3) is 11.3 Å². The van der Waals surface area contributed by atoms with Gasteiger partial charge in [0, 0.05) is 10.0 Å². The van der Waals surface area contributed by atoms with Gasteiger partial charge in [0.15, 0.2) is 0 Å². The summed E-state index contributed by atoms with van der Waals surface area (Å²) in [5, 5.41) is 12.7. The fourth-order valence-electron chi connectivity index (χ4n) is 2.96. The zero-order valence-electron chi connectivity index (χ0n) is 17.5. The average Bonchev–Trinajstić information content (AvgIpc) is 3.19. The SMILES string of the molecule is CCOP(=O)(Cc1nc(-c2ccccc2)c(C(=O)Nc2ccc(Br)cc2C#N)s1)OCC. The number of halogens is 1. The molecule has 0 spiro atoms. The number of carbonyl (C=O) groups excluding carboxylic acids is 1. The molecule has 0 saturated carbocycles. The minimum Gasteiger partial charge on any atom is -0.320 e. The number of hydrogen-bond acceptors (Lipinski definition) is 7. The predicted octanol–water partition coefficient (Wildman–Crippen LogP) is 6.46. The number of nitrogens with one attached hydrogen (secondary N) is 1. The number of benzene rings is 2. The largest absolute Gasteiger partial charge is 0.337 e. The highest BCUT2D eigenvalue weighted by Gasteiger charge is 2.29. The van der Waals surface area contributed by atoms with Crippen molar-refractivity contribution >= 4 is 46.5 Å². The first kappa shape index (κ1) is 24.3. The summed E-state index contributed by atoms with van der Waals surface area (Å²) in [7, 11) is -3.39. The van der Waals surface area contributed by atoms with E-state index < -0.39 is 13.5 Å². The third-order valence-corrected chi connectivity index (χ3v) is 8.01. The number of thiazole rings is 1. The number of amides is 1. The number of aromatic nitrogens is 1. The van der Waals surface area contributed by atoms with Crippen molar-refractivity contribution in [2.45, 2.75) is 20.0 Å². The van der Waals surface area contributed by atoms with Gasteiger partial charge < -0.3 is 14.4 Å². The Bertz CT molecular complexity index is 1180. The van der Waals surface area contributed by atoms with Crippen LogP contribution in [0.4, 0.5) is 5.69 Å². The average molecular weight is 534 g/mol. The summed E-state index contributed by atoms with van der Waals surface area (Å²) in [6.45, 7) is 3.96. The summed E-state index contributed by atoms with van der Waals surface area (Å²) < 4.78 is 24.5. The monoisotopic (exact) mass is 533 g/mol. The summed E-state index contributed by atoms with van der Waals surface area (Å²) in [4.78, 5) is 18.1. The second-order valence-electron chi connectivity index (χ2n) is 6.51. The summed E-state index contributed by atoms with van der Waals surface area (Å²) in [5.74, 6) is -0.408. The number of nitriles is 1. The molecule has 3 rings (SSSR count). The number of hydrogen-bond donors (Lipinski definition) is 1. The van der Waals surface area contributed by atoms with Crippen molar-refractivity contribution in [2.75, 3.05) is 18.5 Å². The molecule has 0 radical (unpaired) electrons. The number of carbonyl (C=O) groups is 1. The smallest absolute Gasteiger partial charge is 0.320 e. The van der Waals surface area contributed by atoms with Crippen LogP contribution in [0.15, 0.2) is 53.0 Å². The van der Waals surface area contributed by atoms with E-state index >= 15 is 0 Å². The van der Waals surface area contributed by atoms with Gasteiger partial charge in [-0.05, 0) is 32.0 Å². The molecule has 1 amide bonds. The number of anilines is 1. The first-order chi connectivity index (χ1) is 15.4. The molecule has 0 saturated heterocycles. The van der Waals surface area contributed by atoms with Crippen LogP contribution in [0.2, 0.25) is 0 Å². The van der Waals surface area contributed by atoms with Crippen LogP contribution >= 0.6 is 34.9 Å². The molecule has 3 aromatic rings. The Morgan fingerprint density at radius 2 is 1.88 bits per heavy atom. The molecule has 1 N–H and O–H groups in total. The minimum absolute atomic E-state index is 0.0335. The highest BCUT2D eigenvalue weighted by Crippen LogP contribution is 2.52. The van der Waals surface area contributed by atoms with Gasteiger partial charge >= 0.3 is 7.60 Å². The molecule has 0 aliphatic rings. The lowest BCUT2D eigenvalue weighted by atomic mass is 10.1. The van der Waals surface area contributed by atoms with Gasteiger partial charge in [0.2, 0.25) is 0 Å². The Morgan fingerprint density at radius 3 is 2.50 bits per heavy atom. The third kappa shape index (κ3) is 5.91. The molecule has 32 heavy (non-hydrogen) atoms. The van der Waals surface area contributed by atoms with Crippen molar-refractivity contribution in [1.29, 1.82) is 5.26 Å². The highest BCUT2D eigenvalue weighted by atomic mass is 79.9. The Labute approximate surface area is 199 Å². The van der Waals surface area contributed by atoms with Crippen LogP contribution in [0.3, 0.4) is 0 Å². The second kappa shape index (κ2) is 11.0. The van der Waals surface area contributed by atoms with E-state index in [0.717, 1.165) is 21.4 Å². The maximum atomic E-state index is 13.2. The topological polar surface area (TPSA) is 101 Å². The van der Waals surface area contributed by atoms with Gasteiger partial charge in [-0.3, -0.25) is 9.36 Å². The van der Waals surface area contributed by atoms with Crippen molar-refractivity contribution < 1.29 is 18.4 Å². The zero-order chi connectivity index (χ0) is 23.1. The van der Waals surface area contributed by atoms with Gasteiger partial charge in [0.25, 0.3) is 5.91 Å². The van der Waals surface area contributed by atoms with Crippen LogP contribution in [0, 0.1) is 11.3 Å². The highest BCUT2D eigenvalue weighted by molar-refractivity contribution is 9.10. The summed E-state index contributed by atoms with van der Waals surface area (Å²) in [6, 6.07) is 16.4. The van der Waals surface area contributed by atoms with E-state index in [4.69, 9.17) is 9.05 Å². The number of nitrogens with zero attached hydrogens (tertiary/aromatic N) is 2. The molecule has 166 valence electrons. The van der Waals surface area contributed by atoms with E-state index in [9.17, 15) is 14.6 Å². The minimum atomic E-state index is -3.39. The summed E-state index contributed by atoms with van der Waals surface area (Å²) in [6.07, 6.45) is -0.0335. The van der Waals surface area contributed by atoms with Gasteiger partial charge in [-0.1, -0.05) is 46.3 Å². The Hall–Kier alpha value is -2.34. The Morgan fingerprint density at radius 1 is 1.19 bits per heavy atom. The van der Waals surface area contributed by atoms with E-state index in [2.05, 4.69) is 32.3 Å². The van der Waals surface area contributed by atoms with E-state index in [1.165, 1.54) is 0 Å². The van der Waals surface area contributed by atoms with Crippen LogP contribution in [0.1, 0.15) is 34.1 Å². The summed E-state index contributed by atoms with van der Waals surface area (Å²) >= 11 is 4.45. The van der Waals surface area contributed by atoms with Crippen LogP contribution in [-0.4, -0.2) is 24.1 Å². The molecular formula is C22H21BrN3O4PS. The van der Waals surface area contributed by atoms with Crippen LogP contribution in [0.5, 0.6) is 0 Å². The maximum Gasteiger partial charge on any atom is 0.337 e. The normalized spacial score (nSPS) is 11.2. The molecule has 0 aliphatic carbocycles. The number of rotatable bonds is 9. The van der Waals surface area contributed by atoms with Crippen LogP contribution in [-0.2, 0) is 19.8 Å². The Balaban J connectivity index is 1.99. The fraction of sp³-hybridized carbons (Fsp3) is 0.227. The molecule has 0 atom stereocenters. The quantitative estimate of drug-likeness (QED) is 0.316. The molecule has 1 aromatic heterocycles. The van der Waals surface area contributed by atoms with Gasteiger partial charge in [0.1, 0.15) is 22.1 Å². The second-order valence-corrected chi connectivity index (χ2v) is 10.6. The molecule has 0 aliphatic heterocycles. The maximum absolute atomic E-state index is 13.2. The zero-order valence-corrected chi connectivity index (χ0v) is 20.8. The van der Waals surface area contributed by atoms with Crippen molar-refractivity contribution in [2.24, 2.45) is 0 Å². The molecule has 0 fully saturated rings. The molecule has 10 heteroatoms. The van der Waals surface area contributed by atoms with Gasteiger partial charge in [-0.25, -0.2) is 4.98 Å². The molecule has 0 unspecified atom stereocenters. The first-order valence-electron chi connectivity index (χ1n) is 9.83. The Kier molecular flexibility index (Phi) is 8.35. The molecule has 0 bridgehead atoms. The fourth-order valence-corrected chi connectivity index (χ4v) is 6.28. The third-order valence-electron chi connectivity index (χ3n) is 4.26. The molecule has 2 aromatic carbocycles. The van der Waals surface area contributed by atoms with Crippen molar-refractivity contribution in [3.63, 3.8) is 0 Å². The van der Waals surface area contributed by atoms with Crippen molar-refractivity contribution in [3.05, 3.63) is 68.5 Å². The van der Waals surface area contributed by atoms with Gasteiger partial charge in [0.05, 0.1) is 30.2 Å². The van der Waals surface area contributed by atoms with E-state index in [1.807, 2.05) is 30.3 Å². The molecule has 1 heterocycles. The lowest BCUT2D eigenvalue weighted by Gasteiger charge is -2.15. The van der Waals surface area contributed by atoms with Crippen molar-refractivity contribution in [3.8, 4) is 17.3 Å².